The van der Waals surface area contributed by atoms with Crippen LogP contribution >= 0.6 is 0 Å². The molecule has 2 fully saturated rings. The summed E-state index contributed by atoms with van der Waals surface area (Å²) in [6.07, 6.45) is 4.02. The van der Waals surface area contributed by atoms with Crippen LogP contribution in [0.5, 0.6) is 0 Å². The number of aromatic nitrogens is 2. The Morgan fingerprint density at radius 2 is 1.70 bits per heavy atom. The van der Waals surface area contributed by atoms with E-state index in [1.165, 1.54) is 11.3 Å². The summed E-state index contributed by atoms with van der Waals surface area (Å²) in [6.45, 7) is 7.13. The molecule has 0 bridgehead atoms. The number of carbonyl (C=O) groups is 1. The minimum Gasteiger partial charge on any atom is -0.339 e. The Labute approximate surface area is 161 Å². The second kappa shape index (κ2) is 8.67. The molecule has 2 saturated heterocycles. The van der Waals surface area contributed by atoms with Crippen molar-refractivity contribution >= 4 is 5.91 Å². The molecule has 0 atom stereocenters. The number of piperidine rings is 1. The lowest BCUT2D eigenvalue weighted by molar-refractivity contribution is -0.134. The fourth-order valence-electron chi connectivity index (χ4n) is 4.18. The van der Waals surface area contributed by atoms with E-state index in [1.807, 2.05) is 11.1 Å². The third kappa shape index (κ3) is 4.76. The smallest absolute Gasteiger partial charge is 0.236 e. The molecule has 1 aromatic carbocycles. The van der Waals surface area contributed by atoms with Crippen molar-refractivity contribution in [3.05, 3.63) is 53.9 Å². The fourth-order valence-corrected chi connectivity index (χ4v) is 4.18. The van der Waals surface area contributed by atoms with Gasteiger partial charge in [-0.15, -0.1) is 0 Å². The molecule has 3 heterocycles. The second-order valence-electron chi connectivity index (χ2n) is 7.70. The molecule has 144 valence electrons. The standard InChI is InChI=1S/C21H29N5O/c27-21(17-24-10-7-19(8-11-24)20-6-9-22-23-20)26-14-12-25(13-15-26)16-18-4-2-1-3-5-18/h1-6,9,19H,7-8,10-17H2,(H,22,23). The summed E-state index contributed by atoms with van der Waals surface area (Å²) in [5.74, 6) is 0.842. The van der Waals surface area contributed by atoms with Crippen molar-refractivity contribution in [2.24, 2.45) is 0 Å². The lowest BCUT2D eigenvalue weighted by Gasteiger charge is -2.37. The van der Waals surface area contributed by atoms with Crippen LogP contribution in [0, 0.1) is 0 Å². The van der Waals surface area contributed by atoms with Gasteiger partial charge < -0.3 is 4.90 Å². The van der Waals surface area contributed by atoms with E-state index in [4.69, 9.17) is 0 Å². The Balaban J connectivity index is 1.19. The topological polar surface area (TPSA) is 55.5 Å². The van der Waals surface area contributed by atoms with Crippen LogP contribution in [-0.4, -0.2) is 76.6 Å². The number of aromatic amines is 1. The van der Waals surface area contributed by atoms with Crippen molar-refractivity contribution in [1.82, 2.24) is 24.9 Å². The van der Waals surface area contributed by atoms with E-state index in [2.05, 4.69) is 56.4 Å². The minimum absolute atomic E-state index is 0.286. The van der Waals surface area contributed by atoms with E-state index in [1.54, 1.807) is 0 Å². The number of hydrogen-bond acceptors (Lipinski definition) is 4. The van der Waals surface area contributed by atoms with Gasteiger partial charge in [0, 0.05) is 50.5 Å². The van der Waals surface area contributed by atoms with Gasteiger partial charge in [0.1, 0.15) is 0 Å². The second-order valence-corrected chi connectivity index (χ2v) is 7.70. The SMILES string of the molecule is O=C(CN1CCC(c2ccn[nH]2)CC1)N1CCN(Cc2ccccc2)CC1. The van der Waals surface area contributed by atoms with Gasteiger partial charge in [0.25, 0.3) is 0 Å². The van der Waals surface area contributed by atoms with Gasteiger partial charge in [0.15, 0.2) is 0 Å². The van der Waals surface area contributed by atoms with E-state index in [-0.39, 0.29) is 5.91 Å². The van der Waals surface area contributed by atoms with Crippen molar-refractivity contribution in [3.63, 3.8) is 0 Å². The molecule has 4 rings (SSSR count). The van der Waals surface area contributed by atoms with Crippen LogP contribution in [0.2, 0.25) is 0 Å². The number of rotatable bonds is 5. The molecule has 2 aliphatic rings. The molecule has 1 N–H and O–H groups in total. The van der Waals surface area contributed by atoms with Crippen LogP contribution in [0.15, 0.2) is 42.6 Å². The first-order valence-corrected chi connectivity index (χ1v) is 10.0. The minimum atomic E-state index is 0.286. The van der Waals surface area contributed by atoms with Crippen LogP contribution in [-0.2, 0) is 11.3 Å². The van der Waals surface area contributed by atoms with E-state index >= 15 is 0 Å². The number of nitrogens with one attached hydrogen (secondary N) is 1. The zero-order valence-corrected chi connectivity index (χ0v) is 15.9. The summed E-state index contributed by atoms with van der Waals surface area (Å²) in [6, 6.07) is 12.6. The molecule has 2 aliphatic heterocycles. The van der Waals surface area contributed by atoms with E-state index in [0.717, 1.165) is 58.7 Å². The molecule has 1 amide bonds. The maximum atomic E-state index is 12.7. The lowest BCUT2D eigenvalue weighted by atomic mass is 9.94. The summed E-state index contributed by atoms with van der Waals surface area (Å²) >= 11 is 0. The highest BCUT2D eigenvalue weighted by Gasteiger charge is 2.26. The van der Waals surface area contributed by atoms with Crippen LogP contribution in [0.3, 0.4) is 0 Å². The number of benzene rings is 1. The fraction of sp³-hybridized carbons (Fsp3) is 0.524. The van der Waals surface area contributed by atoms with E-state index in [0.29, 0.717) is 12.5 Å². The van der Waals surface area contributed by atoms with Gasteiger partial charge in [-0.25, -0.2) is 0 Å². The van der Waals surface area contributed by atoms with E-state index < -0.39 is 0 Å². The third-order valence-corrected chi connectivity index (χ3v) is 5.88. The Kier molecular flexibility index (Phi) is 5.84. The first-order chi connectivity index (χ1) is 13.3. The highest BCUT2D eigenvalue weighted by molar-refractivity contribution is 5.78. The number of amides is 1. The van der Waals surface area contributed by atoms with Gasteiger partial charge in [-0.3, -0.25) is 19.7 Å². The zero-order valence-electron chi connectivity index (χ0n) is 15.9. The Hall–Kier alpha value is -2.18. The molecule has 0 unspecified atom stereocenters. The molecule has 0 aliphatic carbocycles. The molecule has 2 aromatic rings. The maximum absolute atomic E-state index is 12.7. The highest BCUT2D eigenvalue weighted by Crippen LogP contribution is 2.26. The van der Waals surface area contributed by atoms with Crippen LogP contribution in [0.25, 0.3) is 0 Å². The van der Waals surface area contributed by atoms with Gasteiger partial charge in [-0.2, -0.15) is 5.10 Å². The molecule has 6 heteroatoms. The first-order valence-electron chi connectivity index (χ1n) is 10.0. The van der Waals surface area contributed by atoms with Crippen molar-refractivity contribution in [3.8, 4) is 0 Å². The van der Waals surface area contributed by atoms with E-state index in [9.17, 15) is 4.79 Å². The molecule has 0 spiro atoms. The predicted octanol–water partition coefficient (Wildman–Crippen LogP) is 1.93. The number of hydrogen-bond donors (Lipinski definition) is 1. The largest absolute Gasteiger partial charge is 0.339 e. The molecule has 27 heavy (non-hydrogen) atoms. The first kappa shape index (κ1) is 18.2. The van der Waals surface area contributed by atoms with Crippen LogP contribution in [0.1, 0.15) is 30.0 Å². The summed E-state index contributed by atoms with van der Waals surface area (Å²) < 4.78 is 0. The van der Waals surface area contributed by atoms with Gasteiger partial charge in [-0.1, -0.05) is 30.3 Å². The summed E-state index contributed by atoms with van der Waals surface area (Å²) in [5.41, 5.74) is 2.58. The van der Waals surface area contributed by atoms with Crippen LogP contribution < -0.4 is 0 Å². The van der Waals surface area contributed by atoms with Gasteiger partial charge >= 0.3 is 0 Å². The molecular formula is C21H29N5O. The number of piperazine rings is 1. The number of nitrogens with zero attached hydrogens (tertiary/aromatic N) is 4. The van der Waals surface area contributed by atoms with Crippen molar-refractivity contribution in [1.29, 1.82) is 0 Å². The Morgan fingerprint density at radius 1 is 0.963 bits per heavy atom. The average molecular weight is 367 g/mol. The lowest BCUT2D eigenvalue weighted by Crippen LogP contribution is -2.51. The van der Waals surface area contributed by atoms with Gasteiger partial charge in [-0.05, 0) is 37.6 Å². The van der Waals surface area contributed by atoms with Crippen molar-refractivity contribution < 1.29 is 4.79 Å². The third-order valence-electron chi connectivity index (χ3n) is 5.88. The predicted molar refractivity (Wildman–Crippen MR) is 105 cm³/mol. The van der Waals surface area contributed by atoms with Crippen molar-refractivity contribution in [2.75, 3.05) is 45.8 Å². The quantitative estimate of drug-likeness (QED) is 0.877. The molecule has 0 radical (unpaired) electrons. The molecule has 0 saturated carbocycles. The molecule has 6 nitrogen and oxygen atoms in total. The summed E-state index contributed by atoms with van der Waals surface area (Å²) in [5, 5.41) is 7.14. The molecule has 1 aromatic heterocycles. The number of likely N-dealkylation sites (tertiary alicyclic amines) is 1. The average Bonchev–Trinajstić information content (AvgIpc) is 3.25. The Morgan fingerprint density at radius 3 is 2.37 bits per heavy atom. The number of carbonyl (C=O) groups excluding carboxylic acids is 1. The zero-order chi connectivity index (χ0) is 18.5. The maximum Gasteiger partial charge on any atom is 0.236 e. The monoisotopic (exact) mass is 367 g/mol. The van der Waals surface area contributed by atoms with Crippen LogP contribution in [0.4, 0.5) is 0 Å². The number of H-pyrrole nitrogens is 1. The summed E-state index contributed by atoms with van der Waals surface area (Å²) in [4.78, 5) is 19.5. The van der Waals surface area contributed by atoms with Crippen molar-refractivity contribution in [2.45, 2.75) is 25.3 Å². The van der Waals surface area contributed by atoms with Gasteiger partial charge in [0.2, 0.25) is 5.91 Å². The summed E-state index contributed by atoms with van der Waals surface area (Å²) in [7, 11) is 0. The molecular weight excluding hydrogens is 338 g/mol. The normalized spacial score (nSPS) is 20.1. The Bertz CT molecular complexity index is 701. The van der Waals surface area contributed by atoms with Gasteiger partial charge in [0.05, 0.1) is 6.54 Å². The highest BCUT2D eigenvalue weighted by atomic mass is 16.2.